The van der Waals surface area contributed by atoms with Crippen LogP contribution in [0.1, 0.15) is 33.1 Å². The second kappa shape index (κ2) is 4.86. The molecule has 0 bridgehead atoms. The number of para-hydroxylation sites is 1. The lowest BCUT2D eigenvalue weighted by Crippen LogP contribution is -2.28. The molecule has 0 aliphatic heterocycles. The predicted octanol–water partition coefficient (Wildman–Crippen LogP) is 3.18. The minimum atomic E-state index is 0.0967. The van der Waals surface area contributed by atoms with Gasteiger partial charge in [-0.15, -0.1) is 0 Å². The van der Waals surface area contributed by atoms with Gasteiger partial charge >= 0.3 is 0 Å². The summed E-state index contributed by atoms with van der Waals surface area (Å²) < 4.78 is 5.92. The molecule has 3 nitrogen and oxygen atoms in total. The molecule has 3 heteroatoms. The number of anilines is 1. The van der Waals surface area contributed by atoms with Gasteiger partial charge in [0.15, 0.2) is 0 Å². The first-order valence-corrected chi connectivity index (χ1v) is 6.30. The van der Waals surface area contributed by atoms with Gasteiger partial charge in [0.05, 0.1) is 6.10 Å². The lowest BCUT2D eigenvalue weighted by Gasteiger charge is -2.32. The molecule has 0 spiro atoms. The molecule has 2 atom stereocenters. The van der Waals surface area contributed by atoms with Crippen molar-refractivity contribution in [3.8, 4) is 11.5 Å². The van der Waals surface area contributed by atoms with E-state index >= 15 is 0 Å². The molecule has 1 fully saturated rings. The highest BCUT2D eigenvalue weighted by molar-refractivity contribution is 5.61. The lowest BCUT2D eigenvalue weighted by atomic mass is 9.82. The Kier molecular flexibility index (Phi) is 3.46. The maximum atomic E-state index is 9.53. The molecule has 0 aromatic heterocycles. The highest BCUT2D eigenvalue weighted by Crippen LogP contribution is 2.35. The molecule has 17 heavy (non-hydrogen) atoms. The molecule has 0 heterocycles. The second-order valence-electron chi connectivity index (χ2n) is 5.35. The number of hydrogen-bond donors (Lipinski definition) is 2. The van der Waals surface area contributed by atoms with Crippen LogP contribution in [0.2, 0.25) is 0 Å². The number of ether oxygens (including phenoxy) is 1. The Bertz CT molecular complexity index is 382. The molecule has 2 rings (SSSR count). The van der Waals surface area contributed by atoms with Gasteiger partial charge in [-0.1, -0.05) is 19.9 Å². The van der Waals surface area contributed by atoms with Crippen LogP contribution in [-0.4, -0.2) is 11.2 Å². The van der Waals surface area contributed by atoms with Gasteiger partial charge < -0.3 is 15.6 Å². The van der Waals surface area contributed by atoms with Gasteiger partial charge in [-0.3, -0.25) is 0 Å². The van der Waals surface area contributed by atoms with E-state index in [4.69, 9.17) is 10.5 Å². The zero-order chi connectivity index (χ0) is 12.4. The fraction of sp³-hybridized carbons (Fsp3) is 0.571. The van der Waals surface area contributed by atoms with Crippen molar-refractivity contribution in [2.75, 3.05) is 5.73 Å². The van der Waals surface area contributed by atoms with Crippen LogP contribution >= 0.6 is 0 Å². The van der Waals surface area contributed by atoms with Crippen molar-refractivity contribution in [2.45, 2.75) is 39.2 Å². The Morgan fingerprint density at radius 1 is 1.18 bits per heavy atom. The van der Waals surface area contributed by atoms with E-state index < -0.39 is 0 Å². The van der Waals surface area contributed by atoms with E-state index in [1.807, 2.05) is 6.07 Å². The summed E-state index contributed by atoms with van der Waals surface area (Å²) in [4.78, 5) is 0. The summed E-state index contributed by atoms with van der Waals surface area (Å²) in [7, 11) is 0. The predicted molar refractivity (Wildman–Crippen MR) is 69.1 cm³/mol. The van der Waals surface area contributed by atoms with Gasteiger partial charge in [0.1, 0.15) is 17.2 Å². The number of phenols is 1. The second-order valence-corrected chi connectivity index (χ2v) is 5.35. The molecular formula is C14H21NO2. The molecule has 1 saturated carbocycles. The topological polar surface area (TPSA) is 55.5 Å². The Balaban J connectivity index is 2.07. The Morgan fingerprint density at radius 2 is 1.82 bits per heavy atom. The van der Waals surface area contributed by atoms with E-state index in [1.165, 1.54) is 6.42 Å². The van der Waals surface area contributed by atoms with E-state index in [1.54, 1.807) is 12.1 Å². The third kappa shape index (κ3) is 2.84. The molecule has 1 aromatic rings. The van der Waals surface area contributed by atoms with E-state index in [9.17, 15) is 5.11 Å². The van der Waals surface area contributed by atoms with E-state index in [0.717, 1.165) is 12.8 Å². The van der Waals surface area contributed by atoms with Gasteiger partial charge in [0.25, 0.3) is 0 Å². The van der Waals surface area contributed by atoms with Crippen LogP contribution in [0.4, 0.5) is 5.69 Å². The SMILES string of the molecule is CC1CC(C)CC(Oc2cccc(O)c2N)C1. The Labute approximate surface area is 103 Å². The molecule has 3 N–H and O–H groups in total. The van der Waals surface area contributed by atoms with Crippen LogP contribution in [0.3, 0.4) is 0 Å². The highest BCUT2D eigenvalue weighted by atomic mass is 16.5. The summed E-state index contributed by atoms with van der Waals surface area (Å²) >= 11 is 0. The van der Waals surface area contributed by atoms with Crippen LogP contribution in [0.25, 0.3) is 0 Å². The molecule has 1 aromatic carbocycles. The smallest absolute Gasteiger partial charge is 0.146 e. The van der Waals surface area contributed by atoms with Crippen molar-refractivity contribution in [1.82, 2.24) is 0 Å². The maximum Gasteiger partial charge on any atom is 0.146 e. The molecule has 94 valence electrons. The number of nitrogen functional groups attached to an aromatic ring is 1. The molecule has 0 radical (unpaired) electrons. The number of nitrogens with two attached hydrogens (primary N) is 1. The summed E-state index contributed by atoms with van der Waals surface area (Å²) in [6, 6.07) is 5.16. The van der Waals surface area contributed by atoms with Crippen LogP contribution < -0.4 is 10.5 Å². The quantitative estimate of drug-likeness (QED) is 0.611. The first kappa shape index (κ1) is 12.1. The van der Waals surface area contributed by atoms with Crippen molar-refractivity contribution in [3.63, 3.8) is 0 Å². The van der Waals surface area contributed by atoms with Crippen LogP contribution in [0, 0.1) is 11.8 Å². The first-order valence-electron chi connectivity index (χ1n) is 6.30. The third-order valence-corrected chi connectivity index (χ3v) is 3.47. The highest BCUT2D eigenvalue weighted by Gasteiger charge is 2.25. The number of hydrogen-bond acceptors (Lipinski definition) is 3. The minimum absolute atomic E-state index is 0.0967. The first-order chi connectivity index (χ1) is 8.06. The number of aromatic hydroxyl groups is 1. The van der Waals surface area contributed by atoms with E-state index in [-0.39, 0.29) is 11.9 Å². The molecule has 0 saturated heterocycles. The number of phenolic OH excluding ortho intramolecular Hbond substituents is 1. The van der Waals surface area contributed by atoms with Crippen LogP contribution in [-0.2, 0) is 0 Å². The number of rotatable bonds is 2. The average molecular weight is 235 g/mol. The van der Waals surface area contributed by atoms with Crippen molar-refractivity contribution in [1.29, 1.82) is 0 Å². The van der Waals surface area contributed by atoms with Crippen molar-refractivity contribution >= 4 is 5.69 Å². The molecule has 1 aliphatic carbocycles. The maximum absolute atomic E-state index is 9.53. The van der Waals surface area contributed by atoms with Gasteiger partial charge in [-0.25, -0.2) is 0 Å². The summed E-state index contributed by atoms with van der Waals surface area (Å²) in [6.45, 7) is 4.52. The summed E-state index contributed by atoms with van der Waals surface area (Å²) in [6.07, 6.45) is 3.63. The number of benzene rings is 1. The molecular weight excluding hydrogens is 214 g/mol. The molecule has 0 amide bonds. The molecule has 2 unspecified atom stereocenters. The largest absolute Gasteiger partial charge is 0.506 e. The van der Waals surface area contributed by atoms with Gasteiger partial charge in [0, 0.05) is 0 Å². The monoisotopic (exact) mass is 235 g/mol. The fourth-order valence-electron chi connectivity index (χ4n) is 2.78. The van der Waals surface area contributed by atoms with Crippen LogP contribution in [0.15, 0.2) is 18.2 Å². The molecule has 1 aliphatic rings. The Hall–Kier alpha value is -1.38. The van der Waals surface area contributed by atoms with E-state index in [2.05, 4.69) is 13.8 Å². The normalized spacial score (nSPS) is 28.9. The third-order valence-electron chi connectivity index (χ3n) is 3.47. The van der Waals surface area contributed by atoms with Gasteiger partial charge in [0.2, 0.25) is 0 Å². The summed E-state index contributed by atoms with van der Waals surface area (Å²) in [5, 5.41) is 9.53. The van der Waals surface area contributed by atoms with E-state index in [0.29, 0.717) is 23.3 Å². The van der Waals surface area contributed by atoms with Gasteiger partial charge in [-0.2, -0.15) is 0 Å². The van der Waals surface area contributed by atoms with Crippen molar-refractivity contribution < 1.29 is 9.84 Å². The fourth-order valence-corrected chi connectivity index (χ4v) is 2.78. The standard InChI is InChI=1S/C14H21NO2/c1-9-6-10(2)8-11(7-9)17-13-5-3-4-12(16)14(13)15/h3-5,9-11,16H,6-8,15H2,1-2H3. The zero-order valence-corrected chi connectivity index (χ0v) is 10.5. The minimum Gasteiger partial charge on any atom is -0.506 e. The average Bonchev–Trinajstić information content (AvgIpc) is 2.23. The summed E-state index contributed by atoms with van der Waals surface area (Å²) in [5.41, 5.74) is 6.14. The lowest BCUT2D eigenvalue weighted by molar-refractivity contribution is 0.102. The Morgan fingerprint density at radius 3 is 2.47 bits per heavy atom. The van der Waals surface area contributed by atoms with Gasteiger partial charge in [-0.05, 0) is 43.2 Å². The summed E-state index contributed by atoms with van der Waals surface area (Å²) in [5.74, 6) is 2.10. The van der Waals surface area contributed by atoms with Crippen molar-refractivity contribution in [3.05, 3.63) is 18.2 Å². The van der Waals surface area contributed by atoms with Crippen LogP contribution in [0.5, 0.6) is 11.5 Å². The van der Waals surface area contributed by atoms with Crippen molar-refractivity contribution in [2.24, 2.45) is 11.8 Å². The zero-order valence-electron chi connectivity index (χ0n) is 10.5.